The lowest BCUT2D eigenvalue weighted by atomic mass is 10.1. The summed E-state index contributed by atoms with van der Waals surface area (Å²) in [5, 5.41) is 2.68. The van der Waals surface area contributed by atoms with Crippen molar-refractivity contribution >= 4 is 35.0 Å². The van der Waals surface area contributed by atoms with Gasteiger partial charge in [-0.2, -0.15) is 0 Å². The number of urea groups is 1. The Hall–Kier alpha value is -4.61. The van der Waals surface area contributed by atoms with E-state index in [2.05, 4.69) is 15.0 Å². The predicted octanol–water partition coefficient (Wildman–Crippen LogP) is 4.99. The zero-order valence-electron chi connectivity index (χ0n) is 20.2. The van der Waals surface area contributed by atoms with Gasteiger partial charge in [-0.3, -0.25) is 14.5 Å². The summed E-state index contributed by atoms with van der Waals surface area (Å²) in [7, 11) is 1.51. The minimum Gasteiger partial charge on any atom is -0.497 e. The fraction of sp³-hybridized carbons (Fsp3) is 0.231. The largest absolute Gasteiger partial charge is 0.573 e. The van der Waals surface area contributed by atoms with E-state index in [-0.39, 0.29) is 17.4 Å². The van der Waals surface area contributed by atoms with E-state index in [0.717, 1.165) is 17.0 Å². The number of nitrogens with zero attached hydrogens (tertiary/aromatic N) is 3. The Morgan fingerprint density at radius 3 is 2.24 bits per heavy atom. The number of pyridine rings is 1. The van der Waals surface area contributed by atoms with Crippen LogP contribution in [0.15, 0.2) is 66.9 Å². The van der Waals surface area contributed by atoms with Gasteiger partial charge in [-0.15, -0.1) is 13.2 Å². The van der Waals surface area contributed by atoms with Crippen LogP contribution >= 0.6 is 0 Å². The van der Waals surface area contributed by atoms with E-state index in [1.54, 1.807) is 30.3 Å². The van der Waals surface area contributed by atoms with Crippen molar-refractivity contribution in [1.82, 2.24) is 4.98 Å². The molecule has 1 spiro atoms. The van der Waals surface area contributed by atoms with Crippen molar-refractivity contribution in [3.8, 4) is 11.5 Å². The summed E-state index contributed by atoms with van der Waals surface area (Å²) in [5.41, 5.74) is -0.330. The van der Waals surface area contributed by atoms with Crippen molar-refractivity contribution in [3.63, 3.8) is 0 Å². The second-order valence-electron chi connectivity index (χ2n) is 8.91. The van der Waals surface area contributed by atoms with E-state index in [1.807, 2.05) is 6.92 Å². The van der Waals surface area contributed by atoms with E-state index in [0.29, 0.717) is 23.4 Å². The molecule has 9 nitrogen and oxygen atoms in total. The predicted molar refractivity (Wildman–Crippen MR) is 130 cm³/mol. The van der Waals surface area contributed by atoms with E-state index in [1.165, 1.54) is 36.4 Å². The van der Waals surface area contributed by atoms with Gasteiger partial charge in [-0.05, 0) is 66.9 Å². The van der Waals surface area contributed by atoms with E-state index >= 15 is 0 Å². The summed E-state index contributed by atoms with van der Waals surface area (Å²) < 4.78 is 46.5. The van der Waals surface area contributed by atoms with Gasteiger partial charge in [0.1, 0.15) is 22.9 Å². The topological polar surface area (TPSA) is 101 Å². The lowest BCUT2D eigenvalue weighted by Crippen LogP contribution is -2.39. The molecule has 2 aliphatic rings. The number of benzene rings is 2. The summed E-state index contributed by atoms with van der Waals surface area (Å²) in [6, 6.07) is 13.3. The highest BCUT2D eigenvalue weighted by Crippen LogP contribution is 2.55. The maximum atomic E-state index is 13.5. The molecule has 0 radical (unpaired) electrons. The Balaban J connectivity index is 1.41. The minimum absolute atomic E-state index is 0.109. The first kappa shape index (κ1) is 25.1. The van der Waals surface area contributed by atoms with Crippen LogP contribution in [0.3, 0.4) is 0 Å². The van der Waals surface area contributed by atoms with Crippen LogP contribution in [0.1, 0.15) is 23.7 Å². The van der Waals surface area contributed by atoms with E-state index in [4.69, 9.17) is 4.74 Å². The summed E-state index contributed by atoms with van der Waals surface area (Å²) >= 11 is 0. The molecule has 2 unspecified atom stereocenters. The van der Waals surface area contributed by atoms with Crippen molar-refractivity contribution in [2.45, 2.75) is 25.2 Å². The Morgan fingerprint density at radius 1 is 1.03 bits per heavy atom. The molecule has 2 aromatic carbocycles. The van der Waals surface area contributed by atoms with Crippen LogP contribution in [0.2, 0.25) is 0 Å². The number of halogens is 3. The van der Waals surface area contributed by atoms with Crippen molar-refractivity contribution in [2.75, 3.05) is 22.2 Å². The molecule has 2 atom stereocenters. The molecule has 5 rings (SSSR count). The Morgan fingerprint density at radius 2 is 1.66 bits per heavy atom. The maximum Gasteiger partial charge on any atom is 0.573 e. The number of hydrogen-bond donors (Lipinski definition) is 1. The first-order valence-electron chi connectivity index (χ1n) is 11.5. The number of alkyl halides is 3. The third kappa shape index (κ3) is 4.38. The zero-order valence-corrected chi connectivity index (χ0v) is 20.2. The monoisotopic (exact) mass is 526 g/mol. The number of anilines is 3. The fourth-order valence-corrected chi connectivity index (χ4v) is 4.59. The number of nitrogens with one attached hydrogen (secondary N) is 1. The first-order valence-corrected chi connectivity index (χ1v) is 11.5. The van der Waals surface area contributed by atoms with Crippen LogP contribution in [0.4, 0.5) is 35.2 Å². The van der Waals surface area contributed by atoms with Crippen molar-refractivity contribution in [3.05, 3.63) is 72.4 Å². The van der Waals surface area contributed by atoms with Crippen LogP contribution in [0.5, 0.6) is 11.5 Å². The number of carbonyl (C=O) groups is 3. The average molecular weight is 526 g/mol. The van der Waals surface area contributed by atoms with Gasteiger partial charge in [-0.1, -0.05) is 6.92 Å². The van der Waals surface area contributed by atoms with Gasteiger partial charge in [0.05, 0.1) is 18.5 Å². The van der Waals surface area contributed by atoms with E-state index in [9.17, 15) is 27.6 Å². The molecule has 38 heavy (non-hydrogen) atoms. The number of hydrogen-bond acceptors (Lipinski definition) is 6. The minimum atomic E-state index is -4.87. The number of imide groups is 1. The van der Waals surface area contributed by atoms with Crippen LogP contribution < -0.4 is 24.6 Å². The lowest BCUT2D eigenvalue weighted by molar-refractivity contribution is -0.274. The molecule has 196 valence electrons. The average Bonchev–Trinajstić information content (AvgIpc) is 3.49. The molecule has 12 heteroatoms. The Bertz CT molecular complexity index is 1410. The number of carbonyl (C=O) groups excluding carboxylic acids is 3. The van der Waals surface area contributed by atoms with Gasteiger partial charge < -0.3 is 14.8 Å². The summed E-state index contributed by atoms with van der Waals surface area (Å²) in [4.78, 5) is 46.2. The molecule has 0 bridgehead atoms. The molecule has 4 amide bonds. The smallest absolute Gasteiger partial charge is 0.497 e. The molecule has 1 aliphatic carbocycles. The van der Waals surface area contributed by atoms with Gasteiger partial charge in [0, 0.05) is 17.8 Å². The number of rotatable bonds is 6. The van der Waals surface area contributed by atoms with Crippen molar-refractivity contribution in [2.24, 2.45) is 5.92 Å². The van der Waals surface area contributed by atoms with Crippen molar-refractivity contribution < 1.29 is 37.0 Å². The lowest BCUT2D eigenvalue weighted by Gasteiger charge is -2.22. The molecular weight excluding hydrogens is 505 g/mol. The van der Waals surface area contributed by atoms with Gasteiger partial charge in [-0.25, -0.2) is 14.7 Å². The molecule has 1 aliphatic heterocycles. The molecule has 2 heterocycles. The number of aromatic nitrogens is 1. The number of ether oxygens (including phenoxy) is 2. The second kappa shape index (κ2) is 9.05. The Labute approximate surface area is 214 Å². The van der Waals surface area contributed by atoms with Crippen LogP contribution in [-0.4, -0.2) is 41.8 Å². The summed E-state index contributed by atoms with van der Waals surface area (Å²) in [6.45, 7) is 1.83. The molecule has 3 aromatic rings. The van der Waals surface area contributed by atoms with Crippen molar-refractivity contribution in [1.29, 1.82) is 0 Å². The normalized spacial score (nSPS) is 20.6. The molecule has 1 saturated heterocycles. The summed E-state index contributed by atoms with van der Waals surface area (Å²) in [5.74, 6) is -0.798. The molecular formula is C26H21F3N4O5. The first-order chi connectivity index (χ1) is 18.0. The number of methoxy groups -OCH3 is 1. The summed E-state index contributed by atoms with van der Waals surface area (Å²) in [6.07, 6.45) is -3.06. The molecule has 1 N–H and O–H groups in total. The number of amides is 4. The van der Waals surface area contributed by atoms with Crippen LogP contribution in [0.25, 0.3) is 0 Å². The second-order valence-corrected chi connectivity index (χ2v) is 8.91. The highest BCUT2D eigenvalue weighted by atomic mass is 19.4. The quantitative estimate of drug-likeness (QED) is 0.454. The third-order valence-electron chi connectivity index (χ3n) is 6.55. The molecule has 1 aromatic heterocycles. The van der Waals surface area contributed by atoms with Gasteiger partial charge in [0.25, 0.3) is 11.8 Å². The highest BCUT2D eigenvalue weighted by molar-refractivity contribution is 6.32. The Kier molecular flexibility index (Phi) is 5.97. The van der Waals surface area contributed by atoms with Gasteiger partial charge >= 0.3 is 12.4 Å². The third-order valence-corrected chi connectivity index (χ3v) is 6.55. The SMILES string of the molecule is COc1ccc(C(=O)Nc2cc(N3C(=O)N(c4ccc(OC(F)(F)F)cc4)C(=O)C34CC4C)ccn2)cc1. The van der Waals surface area contributed by atoms with Gasteiger partial charge in [0.2, 0.25) is 0 Å². The zero-order chi connectivity index (χ0) is 27.2. The van der Waals surface area contributed by atoms with Crippen LogP contribution in [0, 0.1) is 5.92 Å². The molecule has 2 fully saturated rings. The molecule has 1 saturated carbocycles. The maximum absolute atomic E-state index is 13.5. The highest BCUT2D eigenvalue weighted by Gasteiger charge is 2.70. The van der Waals surface area contributed by atoms with E-state index < -0.39 is 35.5 Å². The van der Waals surface area contributed by atoms with Crippen LogP contribution in [-0.2, 0) is 4.79 Å². The standard InChI is InChI=1S/C26H21F3N4O5/c1-15-14-25(15)23(35)32(17-5-9-20(10-6-17)38-26(27,28)29)24(36)33(25)18-11-12-30-21(13-18)31-22(34)16-3-7-19(37-2)8-4-16/h3-13,15H,14H2,1-2H3,(H,30,31,34). The van der Waals surface area contributed by atoms with Gasteiger partial charge in [0.15, 0.2) is 0 Å². The fourth-order valence-electron chi connectivity index (χ4n) is 4.59.